The molecule has 0 spiro atoms. The monoisotopic (exact) mass is 501 g/mol. The quantitative estimate of drug-likeness (QED) is 0.248. The molecule has 0 heterocycles. The van der Waals surface area contributed by atoms with Crippen molar-refractivity contribution in [2.24, 2.45) is 4.99 Å². The van der Waals surface area contributed by atoms with E-state index in [1.165, 1.54) is 0 Å². The van der Waals surface area contributed by atoms with Crippen LogP contribution in [0, 0.1) is 0 Å². The molecule has 0 amide bonds. The first-order valence-corrected chi connectivity index (χ1v) is 7.87. The third-order valence-electron chi connectivity index (χ3n) is 2.90. The Balaban J connectivity index is 0.00000484. The lowest BCUT2D eigenvalue weighted by Crippen LogP contribution is -2.38. The fourth-order valence-electron chi connectivity index (χ4n) is 1.79. The van der Waals surface area contributed by atoms with Gasteiger partial charge in [0.1, 0.15) is 0 Å². The van der Waals surface area contributed by atoms with Crippen molar-refractivity contribution >= 4 is 45.9 Å². The zero-order valence-electron chi connectivity index (χ0n) is 13.9. The Labute approximate surface area is 163 Å². The lowest BCUT2D eigenvalue weighted by molar-refractivity contribution is 0.203. The maximum absolute atomic E-state index is 5.32. The van der Waals surface area contributed by atoms with Gasteiger partial charge in [0, 0.05) is 24.7 Å². The molecule has 1 aromatic rings. The van der Waals surface area contributed by atoms with Crippen LogP contribution in [0.3, 0.4) is 0 Å². The second kappa shape index (κ2) is 12.7. The van der Waals surface area contributed by atoms with Crippen molar-refractivity contribution in [3.8, 4) is 11.5 Å². The number of hydrogen-bond donors (Lipinski definition) is 2. The molecule has 0 aliphatic heterocycles. The van der Waals surface area contributed by atoms with Gasteiger partial charge in [-0.3, -0.25) is 0 Å². The van der Waals surface area contributed by atoms with Crippen LogP contribution < -0.4 is 20.1 Å². The van der Waals surface area contributed by atoms with E-state index in [1.54, 1.807) is 21.3 Å². The summed E-state index contributed by atoms with van der Waals surface area (Å²) in [6.45, 7) is 4.68. The van der Waals surface area contributed by atoms with Crippen LogP contribution in [0.15, 0.2) is 21.6 Å². The SMILES string of the molecule is CCNC(=NCc1cc(OC)c(OC)cc1Br)NCCOC.I. The minimum Gasteiger partial charge on any atom is -0.493 e. The second-order valence-electron chi connectivity index (χ2n) is 4.41. The van der Waals surface area contributed by atoms with Gasteiger partial charge in [0.15, 0.2) is 17.5 Å². The molecule has 0 saturated heterocycles. The van der Waals surface area contributed by atoms with E-state index in [-0.39, 0.29) is 24.0 Å². The summed E-state index contributed by atoms with van der Waals surface area (Å²) < 4.78 is 16.6. The molecule has 0 bridgehead atoms. The number of benzene rings is 1. The summed E-state index contributed by atoms with van der Waals surface area (Å²) in [5.74, 6) is 2.13. The van der Waals surface area contributed by atoms with Crippen molar-refractivity contribution < 1.29 is 14.2 Å². The number of halogens is 2. The van der Waals surface area contributed by atoms with Gasteiger partial charge in [-0.15, -0.1) is 24.0 Å². The van der Waals surface area contributed by atoms with Crippen LogP contribution in [-0.4, -0.2) is 47.0 Å². The Kier molecular flexibility index (Phi) is 12.2. The predicted molar refractivity (Wildman–Crippen MR) is 107 cm³/mol. The third kappa shape index (κ3) is 7.58. The summed E-state index contributed by atoms with van der Waals surface area (Å²) in [6.07, 6.45) is 0. The van der Waals surface area contributed by atoms with Crippen LogP contribution >= 0.6 is 39.9 Å². The van der Waals surface area contributed by atoms with E-state index in [0.717, 1.165) is 22.5 Å². The van der Waals surface area contributed by atoms with Crippen molar-refractivity contribution in [2.75, 3.05) is 41.0 Å². The van der Waals surface area contributed by atoms with Crippen molar-refractivity contribution in [3.63, 3.8) is 0 Å². The molecule has 0 atom stereocenters. The summed E-state index contributed by atoms with van der Waals surface area (Å²) in [7, 11) is 4.91. The average Bonchev–Trinajstić information content (AvgIpc) is 2.53. The molecule has 0 aromatic heterocycles. The number of aliphatic imine (C=N–C) groups is 1. The van der Waals surface area contributed by atoms with E-state index in [2.05, 4.69) is 31.6 Å². The smallest absolute Gasteiger partial charge is 0.191 e. The highest BCUT2D eigenvalue weighted by Crippen LogP contribution is 2.33. The fraction of sp³-hybridized carbons (Fsp3) is 0.533. The Morgan fingerprint density at radius 3 is 2.35 bits per heavy atom. The maximum Gasteiger partial charge on any atom is 0.191 e. The number of ether oxygens (including phenoxy) is 3. The van der Waals surface area contributed by atoms with Crippen LogP contribution in [0.5, 0.6) is 11.5 Å². The van der Waals surface area contributed by atoms with Crippen molar-refractivity contribution in [1.82, 2.24) is 10.6 Å². The molecule has 0 saturated carbocycles. The average molecular weight is 502 g/mol. The van der Waals surface area contributed by atoms with E-state index in [4.69, 9.17) is 14.2 Å². The normalized spacial score (nSPS) is 10.7. The topological polar surface area (TPSA) is 64.1 Å². The molecular weight excluding hydrogens is 477 g/mol. The standard InChI is InChI=1S/C15H24BrN3O3.HI/c1-5-17-15(18-6-7-20-2)19-10-11-8-13(21-3)14(22-4)9-12(11)16;/h8-9H,5-7,10H2,1-4H3,(H2,17,18,19);1H. The largest absolute Gasteiger partial charge is 0.493 e. The van der Waals surface area contributed by atoms with Crippen LogP contribution in [0.4, 0.5) is 0 Å². The van der Waals surface area contributed by atoms with Gasteiger partial charge in [-0.05, 0) is 24.6 Å². The fourth-order valence-corrected chi connectivity index (χ4v) is 2.24. The molecule has 0 fully saturated rings. The van der Waals surface area contributed by atoms with E-state index in [1.807, 2.05) is 19.1 Å². The van der Waals surface area contributed by atoms with Gasteiger partial charge in [-0.1, -0.05) is 15.9 Å². The molecule has 8 heteroatoms. The van der Waals surface area contributed by atoms with Gasteiger partial charge in [0.2, 0.25) is 0 Å². The number of rotatable bonds is 8. The van der Waals surface area contributed by atoms with Crippen molar-refractivity contribution in [3.05, 3.63) is 22.2 Å². The molecule has 0 radical (unpaired) electrons. The van der Waals surface area contributed by atoms with Gasteiger partial charge in [-0.25, -0.2) is 4.99 Å². The Morgan fingerprint density at radius 1 is 1.13 bits per heavy atom. The highest BCUT2D eigenvalue weighted by atomic mass is 127. The van der Waals surface area contributed by atoms with E-state index < -0.39 is 0 Å². The zero-order valence-corrected chi connectivity index (χ0v) is 17.9. The lowest BCUT2D eigenvalue weighted by atomic mass is 10.2. The summed E-state index contributed by atoms with van der Waals surface area (Å²) in [6, 6.07) is 3.81. The molecule has 0 unspecified atom stereocenters. The van der Waals surface area contributed by atoms with Gasteiger partial charge >= 0.3 is 0 Å². The molecular formula is C15H25BrIN3O3. The number of hydrogen-bond acceptors (Lipinski definition) is 4. The van der Waals surface area contributed by atoms with E-state index in [0.29, 0.717) is 31.2 Å². The van der Waals surface area contributed by atoms with Gasteiger partial charge in [0.25, 0.3) is 0 Å². The number of nitrogens with zero attached hydrogens (tertiary/aromatic N) is 1. The van der Waals surface area contributed by atoms with Crippen LogP contribution in [0.1, 0.15) is 12.5 Å². The van der Waals surface area contributed by atoms with Gasteiger partial charge in [-0.2, -0.15) is 0 Å². The summed E-state index contributed by atoms with van der Waals surface area (Å²) in [4.78, 5) is 4.56. The predicted octanol–water partition coefficient (Wildman–Crippen LogP) is 2.79. The molecule has 23 heavy (non-hydrogen) atoms. The Morgan fingerprint density at radius 2 is 1.78 bits per heavy atom. The minimum atomic E-state index is 0. The summed E-state index contributed by atoms with van der Waals surface area (Å²) in [5.41, 5.74) is 1.02. The number of nitrogens with one attached hydrogen (secondary N) is 2. The molecule has 2 N–H and O–H groups in total. The van der Waals surface area contributed by atoms with Gasteiger partial charge < -0.3 is 24.8 Å². The minimum absolute atomic E-state index is 0. The number of guanidine groups is 1. The number of methoxy groups -OCH3 is 3. The van der Waals surface area contributed by atoms with Crippen molar-refractivity contribution in [2.45, 2.75) is 13.5 Å². The van der Waals surface area contributed by atoms with Crippen LogP contribution in [-0.2, 0) is 11.3 Å². The lowest BCUT2D eigenvalue weighted by Gasteiger charge is -2.13. The molecule has 0 aliphatic rings. The molecule has 0 aliphatic carbocycles. The highest BCUT2D eigenvalue weighted by Gasteiger charge is 2.09. The first kappa shape index (κ1) is 22.3. The molecule has 1 aromatic carbocycles. The maximum atomic E-state index is 5.32. The third-order valence-corrected chi connectivity index (χ3v) is 3.64. The first-order valence-electron chi connectivity index (χ1n) is 7.07. The molecule has 132 valence electrons. The van der Waals surface area contributed by atoms with Crippen LogP contribution in [0.25, 0.3) is 0 Å². The van der Waals surface area contributed by atoms with Crippen LogP contribution in [0.2, 0.25) is 0 Å². The molecule has 1 rings (SSSR count). The Hall–Kier alpha value is -0.740. The van der Waals surface area contributed by atoms with E-state index >= 15 is 0 Å². The van der Waals surface area contributed by atoms with Crippen molar-refractivity contribution in [1.29, 1.82) is 0 Å². The first-order chi connectivity index (χ1) is 10.7. The van der Waals surface area contributed by atoms with Gasteiger partial charge in [0.05, 0.1) is 27.4 Å². The Bertz CT molecular complexity index is 501. The zero-order chi connectivity index (χ0) is 16.4. The summed E-state index contributed by atoms with van der Waals surface area (Å²) >= 11 is 3.54. The summed E-state index contributed by atoms with van der Waals surface area (Å²) in [5, 5.41) is 6.40. The van der Waals surface area contributed by atoms with E-state index in [9.17, 15) is 0 Å². The second-order valence-corrected chi connectivity index (χ2v) is 5.27. The highest BCUT2D eigenvalue weighted by molar-refractivity contribution is 14.0. The molecule has 6 nitrogen and oxygen atoms in total.